The molecule has 0 spiro atoms. The number of carboxylic acids is 1. The molecule has 1 aromatic heterocycles. The van der Waals surface area contributed by atoms with Gasteiger partial charge in [0, 0.05) is 24.5 Å². The van der Waals surface area contributed by atoms with E-state index in [9.17, 15) is 9.59 Å². The van der Waals surface area contributed by atoms with Gasteiger partial charge in [0.15, 0.2) is 0 Å². The number of aliphatic carboxylic acids is 1. The van der Waals surface area contributed by atoms with E-state index in [0.29, 0.717) is 12.1 Å². The third-order valence-corrected chi connectivity index (χ3v) is 2.76. The highest BCUT2D eigenvalue weighted by atomic mass is 16.4. The van der Waals surface area contributed by atoms with Crippen LogP contribution in [-0.4, -0.2) is 39.5 Å². The molecule has 0 saturated heterocycles. The van der Waals surface area contributed by atoms with E-state index in [2.05, 4.69) is 4.98 Å². The summed E-state index contributed by atoms with van der Waals surface area (Å²) < 4.78 is 0. The Morgan fingerprint density at radius 1 is 1.44 bits per heavy atom. The van der Waals surface area contributed by atoms with Crippen molar-refractivity contribution in [3.63, 3.8) is 0 Å². The van der Waals surface area contributed by atoms with Crippen LogP contribution in [0.5, 0.6) is 0 Å². The maximum atomic E-state index is 12.2. The number of amides is 1. The molecule has 5 heteroatoms. The average Bonchev–Trinajstić information content (AvgIpc) is 2.29. The normalized spacial score (nSPS) is 11.9. The first-order valence-electron chi connectivity index (χ1n) is 5.91. The monoisotopic (exact) mass is 250 g/mol. The number of pyridine rings is 1. The Morgan fingerprint density at radius 3 is 2.56 bits per heavy atom. The highest BCUT2D eigenvalue weighted by Gasteiger charge is 2.21. The van der Waals surface area contributed by atoms with Gasteiger partial charge < -0.3 is 10.0 Å². The topological polar surface area (TPSA) is 70.5 Å². The van der Waals surface area contributed by atoms with Crippen LogP contribution < -0.4 is 0 Å². The molecule has 98 valence electrons. The van der Waals surface area contributed by atoms with Crippen LogP contribution in [0.4, 0.5) is 0 Å². The maximum Gasteiger partial charge on any atom is 0.305 e. The second-order valence-electron chi connectivity index (χ2n) is 4.23. The lowest BCUT2D eigenvalue weighted by atomic mass is 10.1. The van der Waals surface area contributed by atoms with Crippen LogP contribution in [-0.2, 0) is 4.79 Å². The summed E-state index contributed by atoms with van der Waals surface area (Å²) in [5, 5.41) is 8.77. The Balaban J connectivity index is 2.85. The summed E-state index contributed by atoms with van der Waals surface area (Å²) in [7, 11) is 0. The molecule has 1 N–H and O–H groups in total. The summed E-state index contributed by atoms with van der Waals surface area (Å²) in [5.41, 5.74) is 1.33. The Bertz CT molecular complexity index is 428. The minimum atomic E-state index is -0.907. The molecule has 0 aliphatic carbocycles. The number of carbonyl (C=O) groups excluding carboxylic acids is 1. The molecule has 0 aliphatic heterocycles. The van der Waals surface area contributed by atoms with Gasteiger partial charge in [-0.1, -0.05) is 0 Å². The summed E-state index contributed by atoms with van der Waals surface area (Å²) in [6.07, 6.45) is 1.46. The highest BCUT2D eigenvalue weighted by Crippen LogP contribution is 2.10. The molecule has 1 aromatic rings. The van der Waals surface area contributed by atoms with Gasteiger partial charge in [-0.25, -0.2) is 0 Å². The maximum absolute atomic E-state index is 12.2. The number of rotatable bonds is 5. The number of aromatic nitrogens is 1. The molecule has 0 bridgehead atoms. The largest absolute Gasteiger partial charge is 0.481 e. The fraction of sp³-hybridized carbons (Fsp3) is 0.462. The lowest BCUT2D eigenvalue weighted by Crippen LogP contribution is -2.39. The summed E-state index contributed by atoms with van der Waals surface area (Å²) in [4.78, 5) is 28.5. The third kappa shape index (κ3) is 3.55. The van der Waals surface area contributed by atoms with Gasteiger partial charge in [0.05, 0.1) is 12.0 Å². The van der Waals surface area contributed by atoms with Crippen LogP contribution in [0.15, 0.2) is 18.3 Å². The first-order chi connectivity index (χ1) is 8.45. The fourth-order valence-electron chi connectivity index (χ4n) is 1.78. The second kappa shape index (κ2) is 6.14. The van der Waals surface area contributed by atoms with Gasteiger partial charge in [0.1, 0.15) is 0 Å². The van der Waals surface area contributed by atoms with Crippen molar-refractivity contribution in [2.45, 2.75) is 33.2 Å². The van der Waals surface area contributed by atoms with Crippen LogP contribution in [0.2, 0.25) is 0 Å². The summed E-state index contributed by atoms with van der Waals surface area (Å²) in [5.74, 6) is -1.09. The van der Waals surface area contributed by atoms with Crippen LogP contribution >= 0.6 is 0 Å². The Hall–Kier alpha value is -1.91. The van der Waals surface area contributed by atoms with Crippen LogP contribution in [0, 0.1) is 6.92 Å². The smallest absolute Gasteiger partial charge is 0.305 e. The molecule has 18 heavy (non-hydrogen) atoms. The zero-order valence-corrected chi connectivity index (χ0v) is 10.9. The van der Waals surface area contributed by atoms with E-state index in [0.717, 1.165) is 5.69 Å². The van der Waals surface area contributed by atoms with Crippen molar-refractivity contribution in [2.75, 3.05) is 6.54 Å². The predicted molar refractivity (Wildman–Crippen MR) is 67.4 cm³/mol. The van der Waals surface area contributed by atoms with E-state index in [4.69, 9.17) is 5.11 Å². The summed E-state index contributed by atoms with van der Waals surface area (Å²) in [6, 6.07) is 3.14. The average molecular weight is 250 g/mol. The molecule has 1 atom stereocenters. The fourth-order valence-corrected chi connectivity index (χ4v) is 1.78. The van der Waals surface area contributed by atoms with Gasteiger partial charge in [0.2, 0.25) is 0 Å². The van der Waals surface area contributed by atoms with Crippen LogP contribution in [0.1, 0.15) is 36.3 Å². The van der Waals surface area contributed by atoms with E-state index in [1.807, 2.05) is 13.8 Å². The molecular weight excluding hydrogens is 232 g/mol. The molecule has 1 heterocycles. The number of carboxylic acid groups (broad SMARTS) is 1. The van der Waals surface area contributed by atoms with E-state index in [1.54, 1.807) is 24.0 Å². The van der Waals surface area contributed by atoms with Gasteiger partial charge in [-0.05, 0) is 32.9 Å². The SMILES string of the molecule is CCN(C(=O)c1ccc(C)nc1)C(C)CC(=O)O. The van der Waals surface area contributed by atoms with E-state index in [-0.39, 0.29) is 18.4 Å². The molecule has 1 rings (SSSR count). The molecule has 0 aliphatic rings. The van der Waals surface area contributed by atoms with Crippen molar-refractivity contribution in [2.24, 2.45) is 0 Å². The van der Waals surface area contributed by atoms with Crippen LogP contribution in [0.3, 0.4) is 0 Å². The lowest BCUT2D eigenvalue weighted by Gasteiger charge is -2.27. The zero-order chi connectivity index (χ0) is 13.7. The Labute approximate surface area is 106 Å². The van der Waals surface area contributed by atoms with Gasteiger partial charge >= 0.3 is 5.97 Å². The summed E-state index contributed by atoms with van der Waals surface area (Å²) >= 11 is 0. The van der Waals surface area contributed by atoms with Crippen molar-refractivity contribution < 1.29 is 14.7 Å². The quantitative estimate of drug-likeness (QED) is 0.863. The highest BCUT2D eigenvalue weighted by molar-refractivity contribution is 5.94. The van der Waals surface area contributed by atoms with Gasteiger partial charge in [-0.2, -0.15) is 0 Å². The Morgan fingerprint density at radius 2 is 2.11 bits per heavy atom. The summed E-state index contributed by atoms with van der Waals surface area (Å²) in [6.45, 7) is 5.88. The molecule has 1 amide bonds. The first-order valence-corrected chi connectivity index (χ1v) is 5.91. The minimum absolute atomic E-state index is 0.0567. The lowest BCUT2D eigenvalue weighted by molar-refractivity contribution is -0.138. The van der Waals surface area contributed by atoms with E-state index >= 15 is 0 Å². The number of hydrogen-bond acceptors (Lipinski definition) is 3. The number of hydrogen-bond donors (Lipinski definition) is 1. The molecule has 5 nitrogen and oxygen atoms in total. The van der Waals surface area contributed by atoms with Crippen molar-refractivity contribution in [1.82, 2.24) is 9.88 Å². The van der Waals surface area contributed by atoms with Crippen molar-refractivity contribution in [1.29, 1.82) is 0 Å². The molecule has 0 saturated carbocycles. The second-order valence-corrected chi connectivity index (χ2v) is 4.23. The molecular formula is C13H18N2O3. The molecule has 0 fully saturated rings. The zero-order valence-electron chi connectivity index (χ0n) is 10.9. The number of nitrogens with zero attached hydrogens (tertiary/aromatic N) is 2. The minimum Gasteiger partial charge on any atom is -0.481 e. The third-order valence-electron chi connectivity index (χ3n) is 2.76. The first kappa shape index (κ1) is 14.2. The van der Waals surface area contributed by atoms with Gasteiger partial charge in [-0.15, -0.1) is 0 Å². The van der Waals surface area contributed by atoms with Gasteiger partial charge in [-0.3, -0.25) is 14.6 Å². The standard InChI is InChI=1S/C13H18N2O3/c1-4-15(10(3)7-12(16)17)13(18)11-6-5-9(2)14-8-11/h5-6,8,10H,4,7H2,1-3H3,(H,16,17). The van der Waals surface area contributed by atoms with Crippen LogP contribution in [0.25, 0.3) is 0 Å². The molecule has 1 unspecified atom stereocenters. The van der Waals surface area contributed by atoms with Crippen molar-refractivity contribution in [3.8, 4) is 0 Å². The number of aryl methyl sites for hydroxylation is 1. The van der Waals surface area contributed by atoms with E-state index in [1.165, 1.54) is 6.20 Å². The number of carbonyl (C=O) groups is 2. The predicted octanol–water partition coefficient (Wildman–Crippen LogP) is 1.72. The van der Waals surface area contributed by atoms with E-state index < -0.39 is 5.97 Å². The van der Waals surface area contributed by atoms with Gasteiger partial charge in [0.25, 0.3) is 5.91 Å². The molecule has 0 aromatic carbocycles. The van der Waals surface area contributed by atoms with Crippen molar-refractivity contribution >= 4 is 11.9 Å². The Kier molecular flexibility index (Phi) is 4.83. The van der Waals surface area contributed by atoms with Crippen molar-refractivity contribution in [3.05, 3.63) is 29.6 Å². The molecule has 0 radical (unpaired) electrons.